The molecular formula is C14H22N6OS. The number of thioether (sulfide) groups is 1. The number of allylic oxidation sites excluding steroid dienone is 1. The Balaban J connectivity index is 1.74. The molecule has 1 N–H and O–H groups in total. The normalized spacial score (nSPS) is 19.1. The van der Waals surface area contributed by atoms with Crippen LogP contribution in [0.1, 0.15) is 13.8 Å². The minimum absolute atomic E-state index is 0.115. The summed E-state index contributed by atoms with van der Waals surface area (Å²) in [5, 5.41) is 8.43. The Bertz CT molecular complexity index is 602. The summed E-state index contributed by atoms with van der Waals surface area (Å²) in [5.41, 5.74) is 1.67. The number of likely N-dealkylation sites (N-methyl/N-ethyl adjacent to an activating group) is 1. The van der Waals surface area contributed by atoms with Gasteiger partial charge in [0.05, 0.1) is 12.1 Å². The number of fused-ring (bicyclic) bond motifs is 1. The van der Waals surface area contributed by atoms with Gasteiger partial charge in [-0.15, -0.1) is 5.10 Å². The van der Waals surface area contributed by atoms with Gasteiger partial charge in [0, 0.05) is 31.9 Å². The number of nitrogens with zero attached hydrogens (tertiary/aromatic N) is 5. The summed E-state index contributed by atoms with van der Waals surface area (Å²) in [5.74, 6) is 1.77. The number of piperazine rings is 1. The van der Waals surface area contributed by atoms with Gasteiger partial charge in [0.15, 0.2) is 0 Å². The average molecular weight is 322 g/mol. The molecular weight excluding hydrogens is 300 g/mol. The Hall–Kier alpha value is -1.54. The molecule has 2 aliphatic heterocycles. The molecule has 22 heavy (non-hydrogen) atoms. The van der Waals surface area contributed by atoms with Crippen LogP contribution >= 0.6 is 11.8 Å². The Kier molecular flexibility index (Phi) is 4.39. The minimum atomic E-state index is 0.115. The van der Waals surface area contributed by atoms with Gasteiger partial charge in [0.2, 0.25) is 11.1 Å². The van der Waals surface area contributed by atoms with Gasteiger partial charge in [-0.3, -0.25) is 4.79 Å². The molecule has 8 heteroatoms. The fourth-order valence-electron chi connectivity index (χ4n) is 2.65. The Labute approximate surface area is 134 Å². The number of rotatable bonds is 3. The maximum atomic E-state index is 12.8. The second-order valence-corrected chi connectivity index (χ2v) is 6.86. The first-order valence-corrected chi connectivity index (χ1v) is 8.59. The number of aromatic nitrogens is 3. The number of nitrogens with one attached hydrogen (secondary N) is 1. The van der Waals surface area contributed by atoms with E-state index in [1.165, 1.54) is 0 Å². The van der Waals surface area contributed by atoms with Crippen molar-refractivity contribution in [3.63, 3.8) is 0 Å². The Morgan fingerprint density at radius 3 is 2.73 bits per heavy atom. The SMILES string of the molecule is CCSc1nc2n(n1)CC(C(=O)N1CCN(C)CC1)=C(C)N2. The minimum Gasteiger partial charge on any atom is -0.336 e. The molecule has 120 valence electrons. The van der Waals surface area contributed by atoms with E-state index in [0.29, 0.717) is 6.54 Å². The van der Waals surface area contributed by atoms with E-state index in [1.54, 1.807) is 16.4 Å². The van der Waals surface area contributed by atoms with Crippen molar-refractivity contribution in [2.75, 3.05) is 44.3 Å². The van der Waals surface area contributed by atoms with Crippen molar-refractivity contribution in [1.82, 2.24) is 24.6 Å². The lowest BCUT2D eigenvalue weighted by molar-refractivity contribution is -0.129. The van der Waals surface area contributed by atoms with Crippen LogP contribution in [0.3, 0.4) is 0 Å². The van der Waals surface area contributed by atoms with E-state index in [1.807, 2.05) is 11.8 Å². The molecule has 1 aromatic heterocycles. The maximum Gasteiger partial charge on any atom is 0.253 e. The molecule has 1 fully saturated rings. The van der Waals surface area contributed by atoms with Gasteiger partial charge in [0.25, 0.3) is 5.91 Å². The van der Waals surface area contributed by atoms with Crippen LogP contribution in [0.4, 0.5) is 5.95 Å². The highest BCUT2D eigenvalue weighted by Gasteiger charge is 2.28. The number of hydrogen-bond donors (Lipinski definition) is 1. The highest BCUT2D eigenvalue weighted by Crippen LogP contribution is 2.24. The van der Waals surface area contributed by atoms with E-state index in [2.05, 4.69) is 34.3 Å². The van der Waals surface area contributed by atoms with Gasteiger partial charge in [-0.1, -0.05) is 18.7 Å². The third-order valence-electron chi connectivity index (χ3n) is 4.03. The van der Waals surface area contributed by atoms with E-state index in [0.717, 1.165) is 54.3 Å². The molecule has 1 aromatic rings. The summed E-state index contributed by atoms with van der Waals surface area (Å²) in [6.07, 6.45) is 0. The predicted molar refractivity (Wildman–Crippen MR) is 86.8 cm³/mol. The molecule has 2 aliphatic rings. The molecule has 0 aromatic carbocycles. The first kappa shape index (κ1) is 15.4. The van der Waals surface area contributed by atoms with Crippen LogP contribution in [-0.4, -0.2) is 69.5 Å². The number of hydrogen-bond acceptors (Lipinski definition) is 6. The lowest BCUT2D eigenvalue weighted by Crippen LogP contribution is -2.48. The van der Waals surface area contributed by atoms with Crippen LogP contribution in [0.25, 0.3) is 0 Å². The molecule has 0 radical (unpaired) electrons. The smallest absolute Gasteiger partial charge is 0.253 e. The van der Waals surface area contributed by atoms with E-state index < -0.39 is 0 Å². The summed E-state index contributed by atoms with van der Waals surface area (Å²) in [4.78, 5) is 21.4. The number of amides is 1. The van der Waals surface area contributed by atoms with Crippen molar-refractivity contribution in [2.45, 2.75) is 25.5 Å². The first-order valence-electron chi connectivity index (χ1n) is 7.60. The highest BCUT2D eigenvalue weighted by atomic mass is 32.2. The first-order chi connectivity index (χ1) is 10.6. The number of carbonyl (C=O) groups excluding carboxylic acids is 1. The molecule has 0 atom stereocenters. The zero-order valence-corrected chi connectivity index (χ0v) is 14.1. The van der Waals surface area contributed by atoms with Crippen LogP contribution in [0, 0.1) is 0 Å². The van der Waals surface area contributed by atoms with E-state index in [-0.39, 0.29) is 5.91 Å². The summed E-state index contributed by atoms with van der Waals surface area (Å²) >= 11 is 1.61. The van der Waals surface area contributed by atoms with Crippen LogP contribution < -0.4 is 5.32 Å². The second kappa shape index (κ2) is 6.29. The lowest BCUT2D eigenvalue weighted by atomic mass is 10.1. The Morgan fingerprint density at radius 1 is 1.32 bits per heavy atom. The van der Waals surface area contributed by atoms with Crippen LogP contribution in [-0.2, 0) is 11.3 Å². The largest absolute Gasteiger partial charge is 0.336 e. The highest BCUT2D eigenvalue weighted by molar-refractivity contribution is 7.99. The van der Waals surface area contributed by atoms with Gasteiger partial charge in [-0.05, 0) is 19.7 Å². The van der Waals surface area contributed by atoms with Crippen molar-refractivity contribution >= 4 is 23.6 Å². The fourth-order valence-corrected chi connectivity index (χ4v) is 3.22. The molecule has 1 amide bonds. The lowest BCUT2D eigenvalue weighted by Gasteiger charge is -2.34. The van der Waals surface area contributed by atoms with E-state index >= 15 is 0 Å². The van der Waals surface area contributed by atoms with Gasteiger partial charge in [-0.25, -0.2) is 4.68 Å². The van der Waals surface area contributed by atoms with Crippen LogP contribution in [0.2, 0.25) is 0 Å². The zero-order valence-electron chi connectivity index (χ0n) is 13.3. The quantitative estimate of drug-likeness (QED) is 0.833. The van der Waals surface area contributed by atoms with Crippen molar-refractivity contribution in [3.8, 4) is 0 Å². The third-order valence-corrected chi connectivity index (χ3v) is 4.75. The zero-order chi connectivity index (χ0) is 15.7. The Morgan fingerprint density at radius 2 is 2.05 bits per heavy atom. The average Bonchev–Trinajstić information content (AvgIpc) is 2.88. The number of anilines is 1. The summed E-state index contributed by atoms with van der Waals surface area (Å²) in [6, 6.07) is 0. The predicted octanol–water partition coefficient (Wildman–Crippen LogP) is 0.864. The van der Waals surface area contributed by atoms with E-state index in [4.69, 9.17) is 0 Å². The molecule has 7 nitrogen and oxygen atoms in total. The maximum absolute atomic E-state index is 12.8. The van der Waals surface area contributed by atoms with Crippen molar-refractivity contribution in [2.24, 2.45) is 0 Å². The van der Waals surface area contributed by atoms with Gasteiger partial charge in [-0.2, -0.15) is 4.98 Å². The van der Waals surface area contributed by atoms with E-state index in [9.17, 15) is 4.79 Å². The van der Waals surface area contributed by atoms with Crippen molar-refractivity contribution in [3.05, 3.63) is 11.3 Å². The summed E-state index contributed by atoms with van der Waals surface area (Å²) < 4.78 is 1.79. The van der Waals surface area contributed by atoms with Gasteiger partial charge in [0.1, 0.15) is 0 Å². The molecule has 0 aliphatic carbocycles. The van der Waals surface area contributed by atoms with Gasteiger partial charge >= 0.3 is 0 Å². The van der Waals surface area contributed by atoms with Crippen molar-refractivity contribution < 1.29 is 4.79 Å². The van der Waals surface area contributed by atoms with Crippen molar-refractivity contribution in [1.29, 1.82) is 0 Å². The molecule has 3 rings (SSSR count). The van der Waals surface area contributed by atoms with Crippen LogP contribution in [0.5, 0.6) is 0 Å². The fraction of sp³-hybridized carbons (Fsp3) is 0.643. The topological polar surface area (TPSA) is 66.3 Å². The molecule has 1 saturated heterocycles. The van der Waals surface area contributed by atoms with Crippen LogP contribution in [0.15, 0.2) is 16.4 Å². The summed E-state index contributed by atoms with van der Waals surface area (Å²) in [7, 11) is 2.09. The third kappa shape index (κ3) is 2.98. The standard InChI is InChI=1S/C14H22N6OS/c1-4-22-14-16-13-15-10(2)11(9-20(13)17-14)12(21)19-7-5-18(3)6-8-19/h4-9H2,1-3H3,(H,15,16,17). The molecule has 0 bridgehead atoms. The summed E-state index contributed by atoms with van der Waals surface area (Å²) in [6.45, 7) is 7.93. The molecule has 0 spiro atoms. The second-order valence-electron chi connectivity index (χ2n) is 5.63. The number of carbonyl (C=O) groups is 1. The molecule has 0 saturated carbocycles. The molecule has 0 unspecified atom stereocenters. The molecule has 3 heterocycles. The monoisotopic (exact) mass is 322 g/mol. The van der Waals surface area contributed by atoms with Gasteiger partial charge < -0.3 is 15.1 Å².